The number of amides is 1. The number of hydrogen-bond acceptors (Lipinski definition) is 9. The van der Waals surface area contributed by atoms with E-state index in [1.807, 2.05) is 0 Å². The highest BCUT2D eigenvalue weighted by molar-refractivity contribution is 6.05. The summed E-state index contributed by atoms with van der Waals surface area (Å²) in [6.45, 7) is 0. The molecule has 0 unspecified atom stereocenters. The Bertz CT molecular complexity index is 1390. The summed E-state index contributed by atoms with van der Waals surface area (Å²) in [7, 11) is 9.14. The lowest BCUT2D eigenvalue weighted by Gasteiger charge is -2.13. The first-order valence-electron chi connectivity index (χ1n) is 12.0. The van der Waals surface area contributed by atoms with Gasteiger partial charge in [-0.1, -0.05) is 0 Å². The Morgan fingerprint density at radius 2 is 1.27 bits per heavy atom. The first kappa shape index (κ1) is 29.4. The van der Waals surface area contributed by atoms with Crippen molar-refractivity contribution in [2.45, 2.75) is 0 Å². The van der Waals surface area contributed by atoms with E-state index in [0.717, 1.165) is 0 Å². The third kappa shape index (κ3) is 7.25. The lowest BCUT2D eigenvalue weighted by Crippen LogP contribution is -2.08. The Morgan fingerprint density at radius 1 is 0.650 bits per heavy atom. The van der Waals surface area contributed by atoms with Crippen LogP contribution in [0.15, 0.2) is 66.9 Å². The number of allylic oxidation sites excluding steroid dienone is 1. The van der Waals surface area contributed by atoms with Crippen molar-refractivity contribution in [3.8, 4) is 34.5 Å². The molecule has 0 aliphatic carbocycles. The van der Waals surface area contributed by atoms with Crippen molar-refractivity contribution in [1.29, 1.82) is 0 Å². The van der Waals surface area contributed by atoms with Crippen molar-refractivity contribution in [3.05, 3.63) is 78.0 Å². The van der Waals surface area contributed by atoms with Crippen LogP contribution in [0.25, 0.3) is 6.08 Å². The number of ether oxygens (including phenoxy) is 6. The van der Waals surface area contributed by atoms with Gasteiger partial charge in [-0.2, -0.15) is 0 Å². The van der Waals surface area contributed by atoms with Gasteiger partial charge >= 0.3 is 0 Å². The zero-order valence-corrected chi connectivity index (χ0v) is 23.2. The number of methoxy groups -OCH3 is 6. The van der Waals surface area contributed by atoms with Gasteiger partial charge in [-0.15, -0.1) is 0 Å². The third-order valence-electron chi connectivity index (χ3n) is 5.76. The molecule has 0 spiro atoms. The van der Waals surface area contributed by atoms with Gasteiger partial charge in [0, 0.05) is 41.7 Å². The van der Waals surface area contributed by atoms with E-state index in [1.165, 1.54) is 53.9 Å². The number of benzene rings is 3. The number of hydrogen-bond donors (Lipinski definition) is 2. The SMILES string of the molecule is COc1cc(OC)c(/C=C/C(=O)Nc2ccc(OC)c(N/C=C\C(=O)c3ccc(OC)c(OC)c3)c2)c(OC)c1. The van der Waals surface area contributed by atoms with Gasteiger partial charge in [-0.05, 0) is 42.5 Å². The number of ketones is 1. The molecule has 10 heteroatoms. The predicted octanol–water partition coefficient (Wildman–Crippen LogP) is 5.20. The minimum atomic E-state index is -0.379. The minimum absolute atomic E-state index is 0.244. The van der Waals surface area contributed by atoms with Gasteiger partial charge in [0.05, 0.1) is 53.9 Å². The van der Waals surface area contributed by atoms with E-state index < -0.39 is 0 Å². The Morgan fingerprint density at radius 3 is 1.88 bits per heavy atom. The molecule has 0 aliphatic heterocycles. The van der Waals surface area contributed by atoms with Crippen LogP contribution in [0.1, 0.15) is 15.9 Å². The van der Waals surface area contributed by atoms with Gasteiger partial charge in [0.25, 0.3) is 0 Å². The van der Waals surface area contributed by atoms with Crippen LogP contribution < -0.4 is 39.1 Å². The van der Waals surface area contributed by atoms with E-state index >= 15 is 0 Å². The summed E-state index contributed by atoms with van der Waals surface area (Å²) in [5, 5.41) is 5.84. The molecule has 3 aromatic carbocycles. The monoisotopic (exact) mass is 548 g/mol. The second-order valence-electron chi connectivity index (χ2n) is 8.09. The van der Waals surface area contributed by atoms with Crippen LogP contribution in [-0.4, -0.2) is 54.3 Å². The lowest BCUT2D eigenvalue weighted by atomic mass is 10.1. The van der Waals surface area contributed by atoms with Crippen LogP contribution in [0.3, 0.4) is 0 Å². The number of carbonyl (C=O) groups excluding carboxylic acids is 2. The summed E-state index contributed by atoms with van der Waals surface area (Å²) in [6.07, 6.45) is 5.83. The summed E-state index contributed by atoms with van der Waals surface area (Å²) in [5.74, 6) is 2.43. The van der Waals surface area contributed by atoms with E-state index in [9.17, 15) is 9.59 Å². The van der Waals surface area contributed by atoms with Gasteiger partial charge in [-0.3, -0.25) is 9.59 Å². The zero-order chi connectivity index (χ0) is 29.1. The maximum Gasteiger partial charge on any atom is 0.248 e. The molecule has 0 atom stereocenters. The molecule has 210 valence electrons. The Hall–Kier alpha value is -5.12. The van der Waals surface area contributed by atoms with Crippen molar-refractivity contribution >= 4 is 29.1 Å². The summed E-state index contributed by atoms with van der Waals surface area (Å²) < 4.78 is 32.0. The summed E-state index contributed by atoms with van der Waals surface area (Å²) in [5.41, 5.74) is 2.06. The molecule has 0 bridgehead atoms. The van der Waals surface area contributed by atoms with Crippen LogP contribution in [0, 0.1) is 0 Å². The molecule has 0 radical (unpaired) electrons. The molecular weight excluding hydrogens is 516 g/mol. The fourth-order valence-electron chi connectivity index (χ4n) is 3.73. The van der Waals surface area contributed by atoms with Gasteiger partial charge < -0.3 is 39.1 Å². The van der Waals surface area contributed by atoms with E-state index in [1.54, 1.807) is 61.7 Å². The van der Waals surface area contributed by atoms with Crippen LogP contribution in [-0.2, 0) is 4.79 Å². The van der Waals surface area contributed by atoms with E-state index in [-0.39, 0.29) is 11.7 Å². The van der Waals surface area contributed by atoms with Crippen LogP contribution in [0.5, 0.6) is 34.5 Å². The molecule has 1 amide bonds. The molecule has 0 saturated heterocycles. The second-order valence-corrected chi connectivity index (χ2v) is 8.09. The van der Waals surface area contributed by atoms with Gasteiger partial charge in [0.1, 0.15) is 23.0 Å². The number of carbonyl (C=O) groups is 2. The molecule has 0 aliphatic rings. The van der Waals surface area contributed by atoms with Gasteiger partial charge in [0.2, 0.25) is 5.91 Å². The molecule has 2 N–H and O–H groups in total. The predicted molar refractivity (Wildman–Crippen MR) is 153 cm³/mol. The van der Waals surface area contributed by atoms with Crippen molar-refractivity contribution in [2.24, 2.45) is 0 Å². The molecule has 0 saturated carbocycles. The van der Waals surface area contributed by atoms with Crippen molar-refractivity contribution < 1.29 is 38.0 Å². The maximum absolute atomic E-state index is 12.7. The number of rotatable bonds is 13. The number of anilines is 2. The van der Waals surface area contributed by atoms with Crippen LogP contribution in [0.4, 0.5) is 11.4 Å². The molecule has 0 fully saturated rings. The molecular formula is C30H32N2O8. The van der Waals surface area contributed by atoms with E-state index in [2.05, 4.69) is 10.6 Å². The Balaban J connectivity index is 1.73. The molecule has 0 heterocycles. The van der Waals surface area contributed by atoms with E-state index in [4.69, 9.17) is 28.4 Å². The molecule has 40 heavy (non-hydrogen) atoms. The van der Waals surface area contributed by atoms with Crippen LogP contribution in [0.2, 0.25) is 0 Å². The van der Waals surface area contributed by atoms with Gasteiger partial charge in [-0.25, -0.2) is 0 Å². The zero-order valence-electron chi connectivity index (χ0n) is 23.2. The quantitative estimate of drug-likeness (QED) is 0.220. The molecule has 0 aromatic heterocycles. The number of nitrogens with one attached hydrogen (secondary N) is 2. The molecule has 10 nitrogen and oxygen atoms in total. The van der Waals surface area contributed by atoms with Crippen molar-refractivity contribution in [3.63, 3.8) is 0 Å². The summed E-state index contributed by atoms with van der Waals surface area (Å²) in [4.78, 5) is 25.3. The lowest BCUT2D eigenvalue weighted by molar-refractivity contribution is -0.111. The highest BCUT2D eigenvalue weighted by Crippen LogP contribution is 2.35. The van der Waals surface area contributed by atoms with Gasteiger partial charge in [0.15, 0.2) is 17.3 Å². The minimum Gasteiger partial charge on any atom is -0.496 e. The first-order valence-corrected chi connectivity index (χ1v) is 12.0. The van der Waals surface area contributed by atoms with Crippen LogP contribution >= 0.6 is 0 Å². The smallest absolute Gasteiger partial charge is 0.248 e. The van der Waals surface area contributed by atoms with Crippen molar-refractivity contribution in [2.75, 3.05) is 53.3 Å². The highest BCUT2D eigenvalue weighted by atomic mass is 16.5. The molecule has 3 rings (SSSR count). The first-order chi connectivity index (χ1) is 19.4. The average Bonchev–Trinajstić information content (AvgIpc) is 2.99. The fraction of sp³-hybridized carbons (Fsp3) is 0.200. The largest absolute Gasteiger partial charge is 0.496 e. The Kier molecular flexibility index (Phi) is 10.4. The second kappa shape index (κ2) is 14.1. The topological polar surface area (TPSA) is 114 Å². The standard InChI is InChI=1S/C30H32N2O8/c1-35-21-17-27(38-4)22(28(18-21)39-5)9-12-30(34)32-20-8-11-25(36-2)23(16-20)31-14-13-24(33)19-7-10-26(37-3)29(15-19)40-6/h7-18,31H,1-6H3,(H,32,34)/b12-9+,14-13-. The molecule has 3 aromatic rings. The third-order valence-corrected chi connectivity index (χ3v) is 5.76. The van der Waals surface area contributed by atoms with Crippen molar-refractivity contribution in [1.82, 2.24) is 0 Å². The highest BCUT2D eigenvalue weighted by Gasteiger charge is 2.12. The average molecular weight is 549 g/mol. The maximum atomic E-state index is 12.7. The summed E-state index contributed by atoms with van der Waals surface area (Å²) >= 11 is 0. The van der Waals surface area contributed by atoms with E-state index in [0.29, 0.717) is 57.0 Å². The summed E-state index contributed by atoms with van der Waals surface area (Å²) in [6, 6.07) is 13.4. The Labute approximate surface area is 233 Å². The normalized spacial score (nSPS) is 10.8. The fourth-order valence-corrected chi connectivity index (χ4v) is 3.73.